The number of piperidine rings is 1. The Hall–Kier alpha value is -1.09. The van der Waals surface area contributed by atoms with Crippen LogP contribution in [0, 0.1) is 11.7 Å². The lowest BCUT2D eigenvalue weighted by atomic mass is 9.91. The summed E-state index contributed by atoms with van der Waals surface area (Å²) in [5.74, 6) is 0.548. The molecule has 1 N–H and O–H groups in total. The summed E-state index contributed by atoms with van der Waals surface area (Å²) < 4.78 is 13.6. The van der Waals surface area contributed by atoms with Gasteiger partial charge in [-0.1, -0.05) is 20.8 Å². The second-order valence-corrected chi connectivity index (χ2v) is 6.36. The molecule has 1 aromatic rings. The predicted octanol–water partition coefficient (Wildman–Crippen LogP) is 3.95. The summed E-state index contributed by atoms with van der Waals surface area (Å²) in [5, 5.41) is 3.40. The molecule has 0 radical (unpaired) electrons. The average molecular weight is 278 g/mol. The van der Waals surface area contributed by atoms with Crippen LogP contribution in [0.15, 0.2) is 18.2 Å². The third-order valence-corrected chi connectivity index (χ3v) is 4.43. The standard InChI is InChI=1S/C17H27FN2/c1-12(2)19-11-15-10-16(18)7-8-17(15)20-9-5-6-13(3)14(20)4/h7-8,10,12-14,19H,5-6,9,11H2,1-4H3. The van der Waals surface area contributed by atoms with Gasteiger partial charge in [0, 0.05) is 30.9 Å². The Balaban J connectivity index is 2.25. The van der Waals surface area contributed by atoms with Crippen molar-refractivity contribution in [3.05, 3.63) is 29.6 Å². The number of nitrogens with one attached hydrogen (secondary N) is 1. The van der Waals surface area contributed by atoms with Crippen molar-refractivity contribution in [1.82, 2.24) is 5.32 Å². The second-order valence-electron chi connectivity index (χ2n) is 6.36. The summed E-state index contributed by atoms with van der Waals surface area (Å²) in [7, 11) is 0. The van der Waals surface area contributed by atoms with Crippen molar-refractivity contribution < 1.29 is 4.39 Å². The fraction of sp³-hybridized carbons (Fsp3) is 0.647. The molecule has 1 saturated heterocycles. The van der Waals surface area contributed by atoms with Crippen LogP contribution in [-0.4, -0.2) is 18.6 Å². The number of benzene rings is 1. The Labute approximate surface area is 122 Å². The molecule has 2 unspecified atom stereocenters. The number of hydrogen-bond acceptors (Lipinski definition) is 2. The lowest BCUT2D eigenvalue weighted by Gasteiger charge is -2.40. The van der Waals surface area contributed by atoms with Gasteiger partial charge in [0.15, 0.2) is 0 Å². The molecule has 112 valence electrons. The Morgan fingerprint density at radius 3 is 2.80 bits per heavy atom. The molecule has 1 aliphatic rings. The van der Waals surface area contributed by atoms with Crippen molar-refractivity contribution in [2.75, 3.05) is 11.4 Å². The average Bonchev–Trinajstić information content (AvgIpc) is 2.40. The topological polar surface area (TPSA) is 15.3 Å². The molecule has 1 aliphatic heterocycles. The maximum absolute atomic E-state index is 13.6. The minimum absolute atomic E-state index is 0.146. The van der Waals surface area contributed by atoms with E-state index in [1.54, 1.807) is 12.1 Å². The maximum Gasteiger partial charge on any atom is 0.123 e. The zero-order valence-corrected chi connectivity index (χ0v) is 13.1. The highest BCUT2D eigenvalue weighted by molar-refractivity contribution is 5.55. The summed E-state index contributed by atoms with van der Waals surface area (Å²) >= 11 is 0. The van der Waals surface area contributed by atoms with E-state index in [-0.39, 0.29) is 5.82 Å². The smallest absolute Gasteiger partial charge is 0.123 e. The number of anilines is 1. The zero-order chi connectivity index (χ0) is 14.7. The summed E-state index contributed by atoms with van der Waals surface area (Å²) in [6.07, 6.45) is 2.51. The van der Waals surface area contributed by atoms with Gasteiger partial charge in [-0.2, -0.15) is 0 Å². The van der Waals surface area contributed by atoms with E-state index in [0.717, 1.165) is 18.7 Å². The summed E-state index contributed by atoms with van der Waals surface area (Å²) in [5.41, 5.74) is 2.26. The highest BCUT2D eigenvalue weighted by Crippen LogP contribution is 2.31. The van der Waals surface area contributed by atoms with E-state index < -0.39 is 0 Å². The highest BCUT2D eigenvalue weighted by atomic mass is 19.1. The van der Waals surface area contributed by atoms with Crippen molar-refractivity contribution in [1.29, 1.82) is 0 Å². The monoisotopic (exact) mass is 278 g/mol. The van der Waals surface area contributed by atoms with Crippen molar-refractivity contribution in [3.8, 4) is 0 Å². The van der Waals surface area contributed by atoms with Crippen molar-refractivity contribution in [3.63, 3.8) is 0 Å². The Morgan fingerprint density at radius 2 is 2.10 bits per heavy atom. The Morgan fingerprint density at radius 1 is 1.35 bits per heavy atom. The third kappa shape index (κ3) is 3.51. The minimum atomic E-state index is -0.146. The molecule has 1 fully saturated rings. The van der Waals surface area contributed by atoms with Crippen molar-refractivity contribution in [2.24, 2.45) is 5.92 Å². The first-order valence-corrected chi connectivity index (χ1v) is 7.77. The number of halogens is 1. The van der Waals surface area contributed by atoms with Crippen molar-refractivity contribution in [2.45, 2.75) is 59.2 Å². The molecule has 1 aromatic carbocycles. The van der Waals surface area contributed by atoms with Gasteiger partial charge in [0.2, 0.25) is 0 Å². The molecule has 0 amide bonds. The molecule has 0 bridgehead atoms. The predicted molar refractivity (Wildman–Crippen MR) is 83.6 cm³/mol. The molecule has 1 heterocycles. The van der Waals surface area contributed by atoms with E-state index in [0.29, 0.717) is 18.0 Å². The first-order chi connectivity index (χ1) is 9.49. The molecule has 0 aromatic heterocycles. The maximum atomic E-state index is 13.6. The van der Waals surface area contributed by atoms with Gasteiger partial charge in [-0.25, -0.2) is 4.39 Å². The Kier molecular flexibility index (Phi) is 5.03. The molecule has 0 aliphatic carbocycles. The largest absolute Gasteiger partial charge is 0.368 e. The SMILES string of the molecule is CC(C)NCc1cc(F)ccc1N1CCCC(C)C1C. The van der Waals surface area contributed by atoms with E-state index >= 15 is 0 Å². The van der Waals surface area contributed by atoms with Crippen LogP contribution in [0.2, 0.25) is 0 Å². The molecule has 0 saturated carbocycles. The van der Waals surface area contributed by atoms with E-state index in [1.165, 1.54) is 18.5 Å². The molecule has 2 nitrogen and oxygen atoms in total. The first-order valence-electron chi connectivity index (χ1n) is 7.77. The van der Waals surface area contributed by atoms with Crippen LogP contribution in [0.4, 0.5) is 10.1 Å². The van der Waals surface area contributed by atoms with Gasteiger partial charge in [-0.3, -0.25) is 0 Å². The Bertz CT molecular complexity index is 445. The summed E-state index contributed by atoms with van der Waals surface area (Å²) in [6, 6.07) is 6.13. The van der Waals surface area contributed by atoms with E-state index in [9.17, 15) is 4.39 Å². The van der Waals surface area contributed by atoms with Gasteiger partial charge >= 0.3 is 0 Å². The van der Waals surface area contributed by atoms with Crippen LogP contribution in [0.25, 0.3) is 0 Å². The summed E-state index contributed by atoms with van der Waals surface area (Å²) in [4.78, 5) is 2.45. The zero-order valence-electron chi connectivity index (χ0n) is 13.1. The highest BCUT2D eigenvalue weighted by Gasteiger charge is 2.26. The van der Waals surface area contributed by atoms with Crippen LogP contribution in [0.1, 0.15) is 46.1 Å². The normalized spacial score (nSPS) is 23.4. The second kappa shape index (κ2) is 6.57. The quantitative estimate of drug-likeness (QED) is 0.897. The van der Waals surface area contributed by atoms with Gasteiger partial charge in [0.1, 0.15) is 5.82 Å². The number of nitrogens with zero attached hydrogens (tertiary/aromatic N) is 1. The van der Waals surface area contributed by atoms with Crippen LogP contribution < -0.4 is 10.2 Å². The molecule has 2 rings (SSSR count). The first kappa shape index (κ1) is 15.3. The van der Waals surface area contributed by atoms with E-state index in [1.807, 2.05) is 6.07 Å². The number of hydrogen-bond donors (Lipinski definition) is 1. The van der Waals surface area contributed by atoms with Gasteiger partial charge in [0.25, 0.3) is 0 Å². The van der Waals surface area contributed by atoms with Gasteiger partial charge in [-0.05, 0) is 49.4 Å². The fourth-order valence-corrected chi connectivity index (χ4v) is 2.97. The summed E-state index contributed by atoms with van der Waals surface area (Å²) in [6.45, 7) is 10.6. The lowest BCUT2D eigenvalue weighted by Crippen LogP contribution is -2.43. The lowest BCUT2D eigenvalue weighted by molar-refractivity contribution is 0.362. The molecule has 0 spiro atoms. The third-order valence-electron chi connectivity index (χ3n) is 4.43. The van der Waals surface area contributed by atoms with E-state index in [2.05, 4.69) is 37.9 Å². The van der Waals surface area contributed by atoms with Gasteiger partial charge in [0.05, 0.1) is 0 Å². The number of rotatable bonds is 4. The molecular formula is C17H27FN2. The molecule has 20 heavy (non-hydrogen) atoms. The molecular weight excluding hydrogens is 251 g/mol. The molecule has 2 atom stereocenters. The van der Waals surface area contributed by atoms with Crippen LogP contribution in [0.5, 0.6) is 0 Å². The molecule has 3 heteroatoms. The van der Waals surface area contributed by atoms with Crippen LogP contribution in [-0.2, 0) is 6.54 Å². The van der Waals surface area contributed by atoms with Crippen molar-refractivity contribution >= 4 is 5.69 Å². The minimum Gasteiger partial charge on any atom is -0.368 e. The van der Waals surface area contributed by atoms with Gasteiger partial charge < -0.3 is 10.2 Å². The van der Waals surface area contributed by atoms with E-state index in [4.69, 9.17) is 0 Å². The van der Waals surface area contributed by atoms with Crippen LogP contribution >= 0.6 is 0 Å². The van der Waals surface area contributed by atoms with Gasteiger partial charge in [-0.15, -0.1) is 0 Å². The van der Waals surface area contributed by atoms with Crippen LogP contribution in [0.3, 0.4) is 0 Å². The fourth-order valence-electron chi connectivity index (χ4n) is 2.97.